The lowest BCUT2D eigenvalue weighted by atomic mass is 10.1. The molecule has 1 atom stereocenters. The molecule has 1 rings (SSSR count). The third-order valence-electron chi connectivity index (χ3n) is 2.85. The molecule has 0 saturated heterocycles. The van der Waals surface area contributed by atoms with Crippen LogP contribution in [-0.2, 0) is 0 Å². The summed E-state index contributed by atoms with van der Waals surface area (Å²) in [5.74, 6) is -13.4. The Morgan fingerprint density at radius 2 is 1.23 bits per heavy atom. The molecule has 0 bridgehead atoms. The van der Waals surface area contributed by atoms with Crippen molar-refractivity contribution < 1.29 is 39.5 Å². The number of hydrogen-bond donors (Lipinski definition) is 0. The summed E-state index contributed by atoms with van der Waals surface area (Å²) in [5, 5.41) is -0.386. The Morgan fingerprint density at radius 1 is 0.773 bits per heavy atom. The normalized spacial score (nSPS) is 15.7. The predicted molar refractivity (Wildman–Crippen MR) is 64.4 cm³/mol. The average molecular weight is 356 g/mol. The number of rotatable bonds is 5. The van der Waals surface area contributed by atoms with Gasteiger partial charge in [-0.05, 0) is 11.5 Å². The molecule has 0 radical (unpaired) electrons. The van der Waals surface area contributed by atoms with Gasteiger partial charge in [0.2, 0.25) is 0 Å². The number of benzene rings is 1. The van der Waals surface area contributed by atoms with Crippen molar-refractivity contribution in [2.75, 3.05) is 6.16 Å². The van der Waals surface area contributed by atoms with Crippen LogP contribution in [0.2, 0.25) is 0 Å². The van der Waals surface area contributed by atoms with Crippen LogP contribution in [-0.4, -0.2) is 29.8 Å². The zero-order valence-electron chi connectivity index (χ0n) is 10.9. The van der Waals surface area contributed by atoms with Crippen LogP contribution in [0.3, 0.4) is 0 Å². The SMILES string of the molecule is CCP(c1ccccc1)C(F)(F)C(F)(F)C(F)(F)C(F)(F)F. The zero-order valence-corrected chi connectivity index (χ0v) is 11.8. The molecule has 1 unspecified atom stereocenters. The van der Waals surface area contributed by atoms with Gasteiger partial charge in [0.1, 0.15) is 0 Å². The maximum absolute atomic E-state index is 13.9. The van der Waals surface area contributed by atoms with Crippen LogP contribution in [0.1, 0.15) is 6.92 Å². The molecule has 22 heavy (non-hydrogen) atoms. The quantitative estimate of drug-likeness (QED) is 0.500. The second kappa shape index (κ2) is 5.91. The molecule has 0 fully saturated rings. The fourth-order valence-corrected chi connectivity index (χ4v) is 3.79. The lowest BCUT2D eigenvalue weighted by Gasteiger charge is -2.37. The van der Waals surface area contributed by atoms with E-state index < -0.39 is 37.8 Å². The molecule has 0 aliphatic rings. The summed E-state index contributed by atoms with van der Waals surface area (Å²) in [6.07, 6.45) is -7.47. The molecule has 0 saturated carbocycles. The first-order valence-electron chi connectivity index (χ1n) is 5.83. The van der Waals surface area contributed by atoms with Crippen LogP contribution in [0.25, 0.3) is 0 Å². The Morgan fingerprint density at radius 3 is 1.59 bits per heavy atom. The highest BCUT2D eigenvalue weighted by Crippen LogP contribution is 2.64. The van der Waals surface area contributed by atoms with E-state index in [1.807, 2.05) is 0 Å². The third kappa shape index (κ3) is 2.92. The van der Waals surface area contributed by atoms with Gasteiger partial charge in [0.15, 0.2) is 0 Å². The van der Waals surface area contributed by atoms with E-state index in [0.29, 0.717) is 0 Å². The lowest BCUT2D eigenvalue weighted by Crippen LogP contribution is -2.60. The van der Waals surface area contributed by atoms with Gasteiger partial charge in [0, 0.05) is 7.92 Å². The van der Waals surface area contributed by atoms with Crippen LogP contribution < -0.4 is 5.30 Å². The van der Waals surface area contributed by atoms with E-state index in [0.717, 1.165) is 19.1 Å². The van der Waals surface area contributed by atoms with Gasteiger partial charge in [-0.3, -0.25) is 0 Å². The van der Waals surface area contributed by atoms with Gasteiger partial charge < -0.3 is 0 Å². The van der Waals surface area contributed by atoms with E-state index in [1.165, 1.54) is 18.2 Å². The van der Waals surface area contributed by atoms with E-state index in [9.17, 15) is 39.5 Å². The lowest BCUT2D eigenvalue weighted by molar-refractivity contribution is -0.382. The molecule has 10 heteroatoms. The second-order valence-electron chi connectivity index (χ2n) is 4.27. The number of halogens is 9. The molecule has 0 aliphatic heterocycles. The van der Waals surface area contributed by atoms with Crippen molar-refractivity contribution in [3.63, 3.8) is 0 Å². The number of hydrogen-bond acceptors (Lipinski definition) is 0. The maximum Gasteiger partial charge on any atom is 0.460 e. The van der Waals surface area contributed by atoms with E-state index in [-0.39, 0.29) is 5.30 Å². The van der Waals surface area contributed by atoms with E-state index in [4.69, 9.17) is 0 Å². The number of alkyl halides is 9. The molecule has 0 aromatic heterocycles. The van der Waals surface area contributed by atoms with Gasteiger partial charge in [-0.1, -0.05) is 37.3 Å². The van der Waals surface area contributed by atoms with Gasteiger partial charge in [0.05, 0.1) is 0 Å². The summed E-state index contributed by atoms with van der Waals surface area (Å²) in [6, 6.07) is 5.76. The first-order valence-corrected chi connectivity index (χ1v) is 7.36. The molecule has 0 nitrogen and oxygen atoms in total. The van der Waals surface area contributed by atoms with Crippen molar-refractivity contribution in [2.45, 2.75) is 30.6 Å². The molecule has 0 aliphatic carbocycles. The van der Waals surface area contributed by atoms with Crippen LogP contribution in [0.15, 0.2) is 30.3 Å². The third-order valence-corrected chi connectivity index (χ3v) is 5.36. The van der Waals surface area contributed by atoms with Crippen LogP contribution in [0.5, 0.6) is 0 Å². The topological polar surface area (TPSA) is 0 Å². The minimum Gasteiger partial charge on any atom is -0.194 e. The first kappa shape index (κ1) is 19.1. The van der Waals surface area contributed by atoms with Crippen molar-refractivity contribution >= 4 is 13.2 Å². The van der Waals surface area contributed by atoms with Crippen molar-refractivity contribution in [3.05, 3.63) is 30.3 Å². The minimum atomic E-state index is -6.84. The van der Waals surface area contributed by atoms with E-state index in [1.54, 1.807) is 0 Å². The van der Waals surface area contributed by atoms with Gasteiger partial charge in [0.25, 0.3) is 0 Å². The standard InChI is InChI=1S/C12H10F9P/c1-2-22(8-6-4-3-5-7-8)12(20,21)10(15,16)9(13,14)11(17,18)19/h3-7H,2H2,1H3. The van der Waals surface area contributed by atoms with Gasteiger partial charge in [-0.2, -0.15) is 39.5 Å². The van der Waals surface area contributed by atoms with Gasteiger partial charge in [-0.25, -0.2) is 0 Å². The highest BCUT2D eigenvalue weighted by atomic mass is 31.1. The molecule has 0 heterocycles. The maximum atomic E-state index is 13.9. The molecule has 0 N–H and O–H groups in total. The summed E-state index contributed by atoms with van der Waals surface area (Å²) in [5.41, 5.74) is -5.53. The predicted octanol–water partition coefficient (Wildman–Crippen LogP) is 5.24. The zero-order chi connectivity index (χ0) is 17.4. The van der Waals surface area contributed by atoms with Gasteiger partial charge >= 0.3 is 23.7 Å². The second-order valence-corrected chi connectivity index (χ2v) is 6.83. The van der Waals surface area contributed by atoms with Gasteiger partial charge in [-0.15, -0.1) is 0 Å². The Hall–Kier alpha value is -0.980. The average Bonchev–Trinajstić information content (AvgIpc) is 2.38. The monoisotopic (exact) mass is 356 g/mol. The minimum absolute atomic E-state index is 0.386. The summed E-state index contributed by atoms with van der Waals surface area (Å²) >= 11 is 0. The Labute approximate surface area is 121 Å². The highest BCUT2D eigenvalue weighted by molar-refractivity contribution is 7.66. The summed E-state index contributed by atoms with van der Waals surface area (Å²) < 4.78 is 117. The first-order chi connectivity index (χ1) is 9.80. The van der Waals surface area contributed by atoms with Crippen molar-refractivity contribution in [2.24, 2.45) is 0 Å². The smallest absolute Gasteiger partial charge is 0.194 e. The summed E-state index contributed by atoms with van der Waals surface area (Å²) in [6.45, 7) is 1.02. The Balaban J connectivity index is 3.36. The van der Waals surface area contributed by atoms with E-state index >= 15 is 0 Å². The van der Waals surface area contributed by atoms with Crippen LogP contribution in [0.4, 0.5) is 39.5 Å². The molecule has 126 valence electrons. The molecular weight excluding hydrogens is 346 g/mol. The fourth-order valence-electron chi connectivity index (χ4n) is 1.69. The van der Waals surface area contributed by atoms with Crippen molar-refractivity contribution in [3.8, 4) is 0 Å². The summed E-state index contributed by atoms with van der Waals surface area (Å²) in [4.78, 5) is 0. The van der Waals surface area contributed by atoms with Crippen LogP contribution in [0, 0.1) is 0 Å². The van der Waals surface area contributed by atoms with Crippen molar-refractivity contribution in [1.82, 2.24) is 0 Å². The molecule has 0 spiro atoms. The largest absolute Gasteiger partial charge is 0.460 e. The molecule has 0 amide bonds. The van der Waals surface area contributed by atoms with Crippen molar-refractivity contribution in [1.29, 1.82) is 0 Å². The van der Waals surface area contributed by atoms with E-state index in [2.05, 4.69) is 0 Å². The molecular formula is C12H10F9P. The Kier molecular flexibility index (Phi) is 5.12. The summed E-state index contributed by atoms with van der Waals surface area (Å²) in [7, 11) is -3.26. The molecule has 1 aromatic rings. The molecule has 1 aromatic carbocycles. The Bertz CT molecular complexity index is 495. The fraction of sp³-hybridized carbons (Fsp3) is 0.500. The van der Waals surface area contributed by atoms with Crippen LogP contribution >= 0.6 is 7.92 Å². The highest BCUT2D eigenvalue weighted by Gasteiger charge is 2.82.